The lowest BCUT2D eigenvalue weighted by Crippen LogP contribution is -2.36. The van der Waals surface area contributed by atoms with Crippen molar-refractivity contribution < 1.29 is 0 Å². The van der Waals surface area contributed by atoms with Gasteiger partial charge in [-0.3, -0.25) is 9.97 Å². The van der Waals surface area contributed by atoms with E-state index in [1.807, 2.05) is 12.4 Å². The van der Waals surface area contributed by atoms with Crippen LogP contribution in [0.25, 0.3) is 0 Å². The van der Waals surface area contributed by atoms with Crippen molar-refractivity contribution >= 4 is 0 Å². The highest BCUT2D eigenvalue weighted by Crippen LogP contribution is 2.62. The van der Waals surface area contributed by atoms with Gasteiger partial charge in [-0.05, 0) is 45.5 Å². The van der Waals surface area contributed by atoms with Crippen molar-refractivity contribution in [1.29, 1.82) is 0 Å². The Morgan fingerprint density at radius 1 is 0.393 bits per heavy atom. The van der Waals surface area contributed by atoms with Gasteiger partial charge in [0.05, 0.1) is 11.4 Å². The smallest absolute Gasteiger partial charge is 0.0526 e. The van der Waals surface area contributed by atoms with Gasteiger partial charge in [-0.15, -0.1) is 0 Å². The Bertz CT molecular complexity index is 969. The van der Waals surface area contributed by atoms with E-state index in [-0.39, 0.29) is 23.7 Å². The Morgan fingerprint density at radius 3 is 1.18 bits per heavy atom. The molecule has 4 atom stereocenters. The second-order valence-corrected chi connectivity index (χ2v) is 8.12. The molecule has 2 nitrogen and oxygen atoms in total. The molecule has 10 rings (SSSR count). The Balaban J connectivity index is 1.69. The third-order valence-electron chi connectivity index (χ3n) is 7.00. The monoisotopic (exact) mass is 358 g/mol. The van der Waals surface area contributed by atoms with E-state index in [0.29, 0.717) is 0 Å². The molecule has 2 heterocycles. The molecule has 4 bridgehead atoms. The highest BCUT2D eigenvalue weighted by molar-refractivity contribution is 5.65. The molecule has 2 aromatic heterocycles. The van der Waals surface area contributed by atoms with Gasteiger partial charge in [0.25, 0.3) is 0 Å². The highest BCUT2D eigenvalue weighted by Gasteiger charge is 2.50. The van der Waals surface area contributed by atoms with Crippen molar-refractivity contribution in [3.8, 4) is 0 Å². The van der Waals surface area contributed by atoms with Crippen molar-refractivity contribution in [2.24, 2.45) is 0 Å². The summed E-state index contributed by atoms with van der Waals surface area (Å²) in [6.45, 7) is 0. The summed E-state index contributed by atoms with van der Waals surface area (Å²) in [7, 11) is 0. The Hall–Kier alpha value is -3.26. The minimum Gasteiger partial charge on any atom is -0.260 e. The van der Waals surface area contributed by atoms with E-state index in [2.05, 4.69) is 72.8 Å². The van der Waals surface area contributed by atoms with Gasteiger partial charge in [-0.25, -0.2) is 0 Å². The standard InChI is InChI=1S/C26H18N2/c1-3-9-17-15(7-1)21-19-11-5-13-27-25(19)23(17)22-16-8-2-4-10-18(16)24(21)26-20(22)12-6-14-28-26/h1-14,21-24H. The normalized spacial score (nSPS) is 25.1. The van der Waals surface area contributed by atoms with Crippen molar-refractivity contribution in [2.75, 3.05) is 0 Å². The number of pyridine rings is 2. The second kappa shape index (κ2) is 5.17. The molecule has 0 amide bonds. The van der Waals surface area contributed by atoms with Gasteiger partial charge in [0.2, 0.25) is 0 Å². The Morgan fingerprint density at radius 2 is 0.750 bits per heavy atom. The van der Waals surface area contributed by atoms with Crippen LogP contribution in [0.5, 0.6) is 0 Å². The van der Waals surface area contributed by atoms with Gasteiger partial charge in [0.15, 0.2) is 0 Å². The van der Waals surface area contributed by atoms with Crippen molar-refractivity contribution in [3.63, 3.8) is 0 Å². The number of nitrogens with zero attached hydrogens (tertiary/aromatic N) is 2. The predicted octanol–water partition coefficient (Wildman–Crippen LogP) is 5.34. The summed E-state index contributed by atoms with van der Waals surface area (Å²) in [5.74, 6) is 0.974. The first-order valence-electron chi connectivity index (χ1n) is 10.0. The SMILES string of the molecule is c1ccc2c(c1)C1c3cccnc3C2C2c3ccccc3C1c1ncccc12. The first kappa shape index (κ1) is 14.8. The van der Waals surface area contributed by atoms with E-state index >= 15 is 0 Å². The van der Waals surface area contributed by atoms with E-state index in [1.165, 1.54) is 44.8 Å². The molecule has 0 spiro atoms. The molecule has 6 aliphatic carbocycles. The van der Waals surface area contributed by atoms with Crippen LogP contribution in [0.15, 0.2) is 85.2 Å². The van der Waals surface area contributed by atoms with Crippen molar-refractivity contribution in [1.82, 2.24) is 9.97 Å². The average molecular weight is 358 g/mol. The molecule has 28 heavy (non-hydrogen) atoms. The quantitative estimate of drug-likeness (QED) is 0.424. The molecule has 4 unspecified atom stereocenters. The van der Waals surface area contributed by atoms with Crippen LogP contribution in [0.1, 0.15) is 68.4 Å². The zero-order valence-electron chi connectivity index (χ0n) is 15.3. The molecule has 0 aliphatic heterocycles. The van der Waals surface area contributed by atoms with Crippen LogP contribution in [0, 0.1) is 0 Å². The second-order valence-electron chi connectivity index (χ2n) is 8.12. The maximum absolute atomic E-state index is 4.95. The van der Waals surface area contributed by atoms with E-state index in [1.54, 1.807) is 0 Å². The largest absolute Gasteiger partial charge is 0.260 e. The minimum atomic E-state index is 0.231. The van der Waals surface area contributed by atoms with Crippen LogP contribution in [-0.4, -0.2) is 9.97 Å². The highest BCUT2D eigenvalue weighted by atomic mass is 14.8. The summed E-state index contributed by atoms with van der Waals surface area (Å²) < 4.78 is 0. The van der Waals surface area contributed by atoms with Gasteiger partial charge in [0, 0.05) is 36.1 Å². The van der Waals surface area contributed by atoms with Gasteiger partial charge < -0.3 is 0 Å². The summed E-state index contributed by atoms with van der Waals surface area (Å²) in [6, 6.07) is 26.8. The fourth-order valence-electron chi connectivity index (χ4n) is 6.08. The molecule has 0 N–H and O–H groups in total. The van der Waals surface area contributed by atoms with E-state index < -0.39 is 0 Å². The number of benzene rings is 2. The maximum Gasteiger partial charge on any atom is 0.0526 e. The Labute approximate surface area is 163 Å². The molecule has 132 valence electrons. The number of hydrogen-bond acceptors (Lipinski definition) is 2. The van der Waals surface area contributed by atoms with Gasteiger partial charge in [-0.1, -0.05) is 60.7 Å². The van der Waals surface area contributed by atoms with Crippen molar-refractivity contribution in [2.45, 2.75) is 23.7 Å². The summed E-state index contributed by atoms with van der Waals surface area (Å²) in [4.78, 5) is 9.89. The van der Waals surface area contributed by atoms with Crippen LogP contribution in [0.4, 0.5) is 0 Å². The molecule has 0 fully saturated rings. The van der Waals surface area contributed by atoms with Crippen LogP contribution >= 0.6 is 0 Å². The first-order valence-corrected chi connectivity index (χ1v) is 10.0. The van der Waals surface area contributed by atoms with Gasteiger partial charge in [-0.2, -0.15) is 0 Å². The lowest BCUT2D eigenvalue weighted by molar-refractivity contribution is 0.509. The zero-order chi connectivity index (χ0) is 18.2. The van der Waals surface area contributed by atoms with Crippen LogP contribution in [-0.2, 0) is 0 Å². The zero-order valence-corrected chi connectivity index (χ0v) is 15.3. The van der Waals surface area contributed by atoms with Gasteiger partial charge in [0.1, 0.15) is 0 Å². The molecule has 6 aliphatic rings. The van der Waals surface area contributed by atoms with E-state index in [0.717, 1.165) is 0 Å². The third kappa shape index (κ3) is 1.65. The molecule has 0 saturated carbocycles. The first-order chi connectivity index (χ1) is 13.9. The lowest BCUT2D eigenvalue weighted by atomic mass is 9.55. The Kier molecular flexibility index (Phi) is 2.72. The molecule has 2 heteroatoms. The van der Waals surface area contributed by atoms with E-state index in [9.17, 15) is 0 Å². The van der Waals surface area contributed by atoms with Crippen LogP contribution < -0.4 is 0 Å². The van der Waals surface area contributed by atoms with Crippen LogP contribution in [0.2, 0.25) is 0 Å². The molecule has 0 radical (unpaired) electrons. The predicted molar refractivity (Wildman–Crippen MR) is 109 cm³/mol. The molecular formula is C26H18N2. The summed E-state index contributed by atoms with van der Waals surface area (Å²) in [5.41, 5.74) is 11.1. The fourth-order valence-corrected chi connectivity index (χ4v) is 6.08. The average Bonchev–Trinajstić information content (AvgIpc) is 2.74. The third-order valence-corrected chi connectivity index (χ3v) is 7.00. The number of hydrogen-bond donors (Lipinski definition) is 0. The summed E-state index contributed by atoms with van der Waals surface area (Å²) in [5, 5.41) is 0. The van der Waals surface area contributed by atoms with Crippen LogP contribution in [0.3, 0.4) is 0 Å². The lowest BCUT2D eigenvalue weighted by Gasteiger charge is -2.48. The number of rotatable bonds is 0. The topological polar surface area (TPSA) is 25.8 Å². The summed E-state index contributed by atoms with van der Waals surface area (Å²) >= 11 is 0. The molecular weight excluding hydrogens is 340 g/mol. The van der Waals surface area contributed by atoms with Crippen molar-refractivity contribution in [3.05, 3.63) is 130 Å². The minimum absolute atomic E-state index is 0.231. The number of aromatic nitrogens is 2. The molecule has 4 aromatic rings. The summed E-state index contributed by atoms with van der Waals surface area (Å²) in [6.07, 6.45) is 3.92. The molecule has 2 aromatic carbocycles. The maximum atomic E-state index is 4.95. The van der Waals surface area contributed by atoms with Gasteiger partial charge >= 0.3 is 0 Å². The van der Waals surface area contributed by atoms with E-state index in [4.69, 9.17) is 9.97 Å². The molecule has 0 saturated heterocycles. The fraction of sp³-hybridized carbons (Fsp3) is 0.154.